The van der Waals surface area contributed by atoms with Crippen molar-refractivity contribution in [3.8, 4) is 0 Å². The zero-order valence-corrected chi connectivity index (χ0v) is 18.6. The molecule has 7 atom stereocenters. The van der Waals surface area contributed by atoms with Gasteiger partial charge in [0, 0.05) is 37.5 Å². The Morgan fingerprint density at radius 3 is 2.55 bits per heavy atom. The molecule has 4 fully saturated rings. The average molecular weight is 417 g/mol. The molecule has 0 amide bonds. The Balaban J connectivity index is 1.56. The average Bonchev–Trinajstić information content (AvgIpc) is 3.17. The van der Waals surface area contributed by atoms with Gasteiger partial charge in [-0.05, 0) is 74.1 Å². The first-order valence-corrected chi connectivity index (χ1v) is 11.7. The van der Waals surface area contributed by atoms with Crippen LogP contribution in [0.1, 0.15) is 78.6 Å². The molecule has 0 bridgehead atoms. The van der Waals surface area contributed by atoms with Crippen molar-refractivity contribution in [1.29, 1.82) is 0 Å². The standard InChI is InChI=1S/C24H32O4S/c1-14(29)27-19-13-15-12-16(25)4-8-22(15,2)17-5-9-23(3)18(21(17)19)6-10-24(23)11-7-20(26)28-24/h12,17-19,21H,4-11,13H2,1-3H3/t17?,18?,19?,21?,22?,23?,24-/m0/s1. The van der Waals surface area contributed by atoms with Crippen LogP contribution in [0.2, 0.25) is 0 Å². The molecule has 1 saturated heterocycles. The molecular formula is C24H32O4S. The van der Waals surface area contributed by atoms with Crippen LogP contribution in [-0.4, -0.2) is 28.5 Å². The van der Waals surface area contributed by atoms with E-state index in [4.69, 9.17) is 21.7 Å². The molecule has 158 valence electrons. The maximum atomic E-state index is 12.2. The molecular weight excluding hydrogens is 384 g/mol. The molecule has 0 aromatic carbocycles. The van der Waals surface area contributed by atoms with Crippen LogP contribution in [-0.2, 0) is 19.1 Å². The first kappa shape index (κ1) is 19.7. The van der Waals surface area contributed by atoms with E-state index in [1.807, 2.05) is 13.0 Å². The lowest BCUT2D eigenvalue weighted by Gasteiger charge is -2.60. The van der Waals surface area contributed by atoms with Gasteiger partial charge >= 0.3 is 5.97 Å². The minimum atomic E-state index is -0.281. The second-order valence-electron chi connectivity index (χ2n) is 10.7. The number of ketones is 1. The minimum Gasteiger partial charge on any atom is -0.484 e. The first-order chi connectivity index (χ1) is 13.7. The molecule has 5 heteroatoms. The third-order valence-electron chi connectivity index (χ3n) is 9.61. The van der Waals surface area contributed by atoms with Gasteiger partial charge < -0.3 is 9.47 Å². The van der Waals surface area contributed by atoms with E-state index in [-0.39, 0.29) is 34.3 Å². The topological polar surface area (TPSA) is 52.6 Å². The van der Waals surface area contributed by atoms with E-state index in [2.05, 4.69) is 13.8 Å². The van der Waals surface area contributed by atoms with Crippen LogP contribution < -0.4 is 0 Å². The Hall–Kier alpha value is -1.23. The number of carbonyl (C=O) groups excluding carboxylic acids is 2. The smallest absolute Gasteiger partial charge is 0.306 e. The Morgan fingerprint density at radius 2 is 1.86 bits per heavy atom. The van der Waals surface area contributed by atoms with E-state index in [1.54, 1.807) is 0 Å². The van der Waals surface area contributed by atoms with Crippen LogP contribution in [0.3, 0.4) is 0 Å². The summed E-state index contributed by atoms with van der Waals surface area (Å²) < 4.78 is 12.3. The van der Waals surface area contributed by atoms with Crippen molar-refractivity contribution in [2.75, 3.05) is 0 Å². The lowest BCUT2D eigenvalue weighted by atomic mass is 9.45. The summed E-state index contributed by atoms with van der Waals surface area (Å²) in [6.07, 6.45) is 10.0. The molecule has 29 heavy (non-hydrogen) atoms. The van der Waals surface area contributed by atoms with Crippen LogP contribution in [0.5, 0.6) is 0 Å². The Morgan fingerprint density at radius 1 is 1.10 bits per heavy atom. The number of carbonyl (C=O) groups is 2. The Bertz CT molecular complexity index is 818. The Kier molecular flexibility index (Phi) is 4.34. The van der Waals surface area contributed by atoms with Gasteiger partial charge in [0.05, 0.1) is 0 Å². The number of ether oxygens (including phenoxy) is 2. The summed E-state index contributed by atoms with van der Waals surface area (Å²) in [5.41, 5.74) is 1.09. The lowest BCUT2D eigenvalue weighted by Crippen LogP contribution is -2.58. The number of hydrogen-bond donors (Lipinski definition) is 0. The van der Waals surface area contributed by atoms with Crippen molar-refractivity contribution >= 4 is 29.0 Å². The van der Waals surface area contributed by atoms with Crippen molar-refractivity contribution < 1.29 is 19.1 Å². The summed E-state index contributed by atoms with van der Waals surface area (Å²) in [6.45, 7) is 6.61. The highest BCUT2D eigenvalue weighted by atomic mass is 32.1. The van der Waals surface area contributed by atoms with E-state index >= 15 is 0 Å². The molecule has 5 rings (SSSR count). The van der Waals surface area contributed by atoms with Crippen LogP contribution in [0, 0.1) is 28.6 Å². The van der Waals surface area contributed by atoms with Gasteiger partial charge in [-0.2, -0.15) is 0 Å². The highest BCUT2D eigenvalue weighted by Crippen LogP contribution is 2.70. The van der Waals surface area contributed by atoms with Crippen molar-refractivity contribution in [3.05, 3.63) is 11.6 Å². The van der Waals surface area contributed by atoms with E-state index < -0.39 is 0 Å². The maximum absolute atomic E-state index is 12.2. The van der Waals surface area contributed by atoms with Crippen LogP contribution in [0.15, 0.2) is 11.6 Å². The van der Waals surface area contributed by atoms with Crippen LogP contribution in [0.4, 0.5) is 0 Å². The molecule has 1 spiro atoms. The van der Waals surface area contributed by atoms with Gasteiger partial charge in [0.2, 0.25) is 0 Å². The Labute approximate surface area is 178 Å². The predicted octanol–water partition coefficient (Wildman–Crippen LogP) is 4.94. The van der Waals surface area contributed by atoms with Gasteiger partial charge in [0.25, 0.3) is 0 Å². The fraction of sp³-hybridized carbons (Fsp3) is 0.792. The molecule has 4 nitrogen and oxygen atoms in total. The summed E-state index contributed by atoms with van der Waals surface area (Å²) in [5.74, 6) is 1.61. The summed E-state index contributed by atoms with van der Waals surface area (Å²) in [4.78, 5) is 24.3. The molecule has 6 unspecified atom stereocenters. The first-order valence-electron chi connectivity index (χ1n) is 11.3. The van der Waals surface area contributed by atoms with Crippen molar-refractivity contribution in [2.24, 2.45) is 28.6 Å². The molecule has 4 aliphatic carbocycles. The number of fused-ring (bicyclic) bond motifs is 6. The van der Waals surface area contributed by atoms with Gasteiger partial charge in [-0.25, -0.2) is 0 Å². The molecule has 0 aromatic heterocycles. The summed E-state index contributed by atoms with van der Waals surface area (Å²) in [6, 6.07) is 0. The van der Waals surface area contributed by atoms with Crippen LogP contribution in [0.25, 0.3) is 0 Å². The van der Waals surface area contributed by atoms with E-state index in [0.29, 0.717) is 35.6 Å². The van der Waals surface area contributed by atoms with Gasteiger partial charge in [-0.15, -0.1) is 0 Å². The molecule has 0 N–H and O–H groups in total. The SMILES string of the molecule is CC(=S)OC1CC2=CC(=O)CCC2(C)C2CCC3(C)C(CC[C@]34CCC(=O)O4)C12. The highest BCUT2D eigenvalue weighted by Gasteiger charge is 2.68. The van der Waals surface area contributed by atoms with Crippen LogP contribution >= 0.6 is 12.2 Å². The van der Waals surface area contributed by atoms with Crippen molar-refractivity contribution in [1.82, 2.24) is 0 Å². The molecule has 0 radical (unpaired) electrons. The van der Waals surface area contributed by atoms with Gasteiger partial charge in [0.15, 0.2) is 10.8 Å². The van der Waals surface area contributed by atoms with Crippen molar-refractivity contribution in [2.45, 2.75) is 90.3 Å². The third-order valence-corrected chi connectivity index (χ3v) is 9.71. The molecule has 3 saturated carbocycles. The third kappa shape index (κ3) is 2.65. The molecule has 0 aromatic rings. The number of rotatable bonds is 1. The lowest BCUT2D eigenvalue weighted by molar-refractivity contribution is -0.173. The van der Waals surface area contributed by atoms with Gasteiger partial charge in [-0.3, -0.25) is 9.59 Å². The molecule has 5 aliphatic rings. The summed E-state index contributed by atoms with van der Waals surface area (Å²) in [7, 11) is 0. The molecule has 1 aliphatic heterocycles. The normalized spacial score (nSPS) is 48.4. The zero-order valence-electron chi connectivity index (χ0n) is 17.8. The maximum Gasteiger partial charge on any atom is 0.306 e. The summed E-state index contributed by atoms with van der Waals surface area (Å²) in [5, 5.41) is 0.590. The van der Waals surface area contributed by atoms with E-state index in [0.717, 1.165) is 44.9 Å². The van der Waals surface area contributed by atoms with E-state index in [1.165, 1.54) is 5.57 Å². The largest absolute Gasteiger partial charge is 0.484 e. The second kappa shape index (κ2) is 6.38. The fourth-order valence-electron chi connectivity index (χ4n) is 8.13. The molecule has 1 heterocycles. The quantitative estimate of drug-likeness (QED) is 0.448. The predicted molar refractivity (Wildman–Crippen MR) is 113 cm³/mol. The monoisotopic (exact) mass is 416 g/mol. The number of esters is 1. The van der Waals surface area contributed by atoms with Crippen molar-refractivity contribution in [3.63, 3.8) is 0 Å². The van der Waals surface area contributed by atoms with Gasteiger partial charge in [0.1, 0.15) is 11.7 Å². The highest BCUT2D eigenvalue weighted by molar-refractivity contribution is 7.80. The van der Waals surface area contributed by atoms with E-state index in [9.17, 15) is 9.59 Å². The van der Waals surface area contributed by atoms with Gasteiger partial charge in [-0.1, -0.05) is 19.4 Å². The minimum absolute atomic E-state index is 0.0133. The summed E-state index contributed by atoms with van der Waals surface area (Å²) >= 11 is 5.35. The fourth-order valence-corrected chi connectivity index (χ4v) is 8.25. The second-order valence-corrected chi connectivity index (χ2v) is 11.2. The zero-order chi connectivity index (χ0) is 20.6. The number of thiocarbonyl (C=S) groups is 1. The number of hydrogen-bond acceptors (Lipinski definition) is 5.